The van der Waals surface area contributed by atoms with Crippen molar-refractivity contribution in [3.63, 3.8) is 0 Å². The Hall–Kier alpha value is -0.870. The average molecular weight is 298 g/mol. The Morgan fingerprint density at radius 1 is 1.50 bits per heavy atom. The van der Waals surface area contributed by atoms with E-state index in [0.717, 1.165) is 50.3 Å². The number of halogens is 1. The average Bonchev–Trinajstić information content (AvgIpc) is 2.75. The highest BCUT2D eigenvalue weighted by molar-refractivity contribution is 6.32. The molecular weight excluding hydrogens is 274 g/mol. The molecule has 1 atom stereocenters. The first-order chi connectivity index (χ1) is 9.54. The Balaban J connectivity index is 2.22. The lowest BCUT2D eigenvalue weighted by atomic mass is 9.73. The summed E-state index contributed by atoms with van der Waals surface area (Å²) in [6.07, 6.45) is 3.32. The molecule has 0 radical (unpaired) electrons. The molecule has 1 aromatic rings. The monoisotopic (exact) mass is 297 g/mol. The molecule has 0 amide bonds. The lowest BCUT2D eigenvalue weighted by molar-refractivity contribution is -0.129. The second-order valence-electron chi connectivity index (χ2n) is 5.68. The third-order valence-electron chi connectivity index (χ3n) is 4.52. The maximum Gasteiger partial charge on any atom is 0.146 e. The van der Waals surface area contributed by atoms with Crippen molar-refractivity contribution in [3.05, 3.63) is 16.4 Å². The van der Waals surface area contributed by atoms with Crippen molar-refractivity contribution in [1.82, 2.24) is 15.1 Å². The van der Waals surface area contributed by atoms with Crippen molar-refractivity contribution in [2.75, 3.05) is 13.1 Å². The minimum Gasteiger partial charge on any atom is -0.316 e. The van der Waals surface area contributed by atoms with E-state index in [1.165, 1.54) is 0 Å². The number of aromatic nitrogens is 2. The summed E-state index contributed by atoms with van der Waals surface area (Å²) in [6.45, 7) is 8.57. The summed E-state index contributed by atoms with van der Waals surface area (Å²) < 4.78 is 1.86. The van der Waals surface area contributed by atoms with E-state index in [-0.39, 0.29) is 5.41 Å². The van der Waals surface area contributed by atoms with E-state index in [4.69, 9.17) is 11.6 Å². The molecule has 0 aliphatic carbocycles. The van der Waals surface area contributed by atoms with Crippen LogP contribution in [0.15, 0.2) is 0 Å². The molecule has 2 rings (SSSR count). The standard InChI is InChI=1S/C15H24ClN3O/c1-4-15(7-6-8-17-10-15)13(20)9-12-14(16)11(3)18-19(12)5-2/h17H,4-10H2,1-3H3. The van der Waals surface area contributed by atoms with E-state index in [0.29, 0.717) is 17.2 Å². The number of carbonyl (C=O) groups excluding carboxylic acids is 1. The molecule has 0 bridgehead atoms. The molecule has 5 heteroatoms. The number of nitrogens with one attached hydrogen (secondary N) is 1. The highest BCUT2D eigenvalue weighted by atomic mass is 35.5. The third-order valence-corrected chi connectivity index (χ3v) is 5.01. The number of ketones is 1. The summed E-state index contributed by atoms with van der Waals surface area (Å²) in [5, 5.41) is 8.41. The number of carbonyl (C=O) groups is 1. The fourth-order valence-electron chi connectivity index (χ4n) is 3.08. The molecule has 2 heterocycles. The second-order valence-corrected chi connectivity index (χ2v) is 6.05. The fraction of sp³-hybridized carbons (Fsp3) is 0.733. The predicted octanol–water partition coefficient (Wildman–Crippen LogP) is 2.76. The van der Waals surface area contributed by atoms with Crippen molar-refractivity contribution in [2.45, 2.75) is 53.0 Å². The number of nitrogens with zero attached hydrogens (tertiary/aromatic N) is 2. The molecule has 0 spiro atoms. The van der Waals surface area contributed by atoms with E-state index in [1.54, 1.807) is 0 Å². The van der Waals surface area contributed by atoms with Gasteiger partial charge in [-0.15, -0.1) is 0 Å². The molecule has 1 unspecified atom stereocenters. The minimum atomic E-state index is -0.224. The van der Waals surface area contributed by atoms with Gasteiger partial charge in [0.1, 0.15) is 5.78 Å². The SMILES string of the molecule is CCn1nc(C)c(Cl)c1CC(=O)C1(CC)CCCNC1. The maximum absolute atomic E-state index is 12.8. The summed E-state index contributed by atoms with van der Waals surface area (Å²) in [4.78, 5) is 12.8. The van der Waals surface area contributed by atoms with Gasteiger partial charge in [-0.1, -0.05) is 18.5 Å². The van der Waals surface area contributed by atoms with Gasteiger partial charge in [-0.3, -0.25) is 9.48 Å². The molecule has 0 aromatic carbocycles. The van der Waals surface area contributed by atoms with Crippen molar-refractivity contribution < 1.29 is 4.79 Å². The van der Waals surface area contributed by atoms with Crippen LogP contribution in [0.2, 0.25) is 5.02 Å². The Morgan fingerprint density at radius 2 is 2.25 bits per heavy atom. The van der Waals surface area contributed by atoms with Gasteiger partial charge in [-0.2, -0.15) is 5.10 Å². The van der Waals surface area contributed by atoms with E-state index in [2.05, 4.69) is 17.3 Å². The number of Topliss-reactive ketones (excluding diaryl/α,β-unsaturated/α-hetero) is 1. The number of aryl methyl sites for hydroxylation is 2. The smallest absolute Gasteiger partial charge is 0.146 e. The van der Waals surface area contributed by atoms with E-state index in [9.17, 15) is 4.79 Å². The van der Waals surface area contributed by atoms with Gasteiger partial charge in [0, 0.05) is 18.5 Å². The van der Waals surface area contributed by atoms with Gasteiger partial charge < -0.3 is 5.32 Å². The first-order valence-electron chi connectivity index (χ1n) is 7.50. The van der Waals surface area contributed by atoms with Gasteiger partial charge in [-0.05, 0) is 39.7 Å². The number of hydrogen-bond donors (Lipinski definition) is 1. The third kappa shape index (κ3) is 2.77. The highest BCUT2D eigenvalue weighted by Crippen LogP contribution is 2.33. The van der Waals surface area contributed by atoms with Crippen molar-refractivity contribution >= 4 is 17.4 Å². The molecular formula is C15H24ClN3O. The molecule has 1 aromatic heterocycles. The van der Waals surface area contributed by atoms with E-state index in [1.807, 2.05) is 18.5 Å². The van der Waals surface area contributed by atoms with E-state index >= 15 is 0 Å². The molecule has 1 saturated heterocycles. The van der Waals surface area contributed by atoms with Crippen molar-refractivity contribution in [1.29, 1.82) is 0 Å². The number of hydrogen-bond acceptors (Lipinski definition) is 3. The number of piperidine rings is 1. The summed E-state index contributed by atoms with van der Waals surface area (Å²) in [7, 11) is 0. The van der Waals surface area contributed by atoms with Crippen LogP contribution < -0.4 is 5.32 Å². The Bertz CT molecular complexity index is 490. The lowest BCUT2D eigenvalue weighted by Gasteiger charge is -2.35. The van der Waals surface area contributed by atoms with Crippen molar-refractivity contribution in [2.24, 2.45) is 5.41 Å². The molecule has 0 saturated carbocycles. The zero-order valence-corrected chi connectivity index (χ0v) is 13.4. The lowest BCUT2D eigenvalue weighted by Crippen LogP contribution is -2.46. The highest BCUT2D eigenvalue weighted by Gasteiger charge is 2.38. The number of rotatable bonds is 5. The van der Waals surface area contributed by atoms with Crippen LogP contribution in [-0.4, -0.2) is 28.7 Å². The quantitative estimate of drug-likeness (QED) is 0.909. The first-order valence-corrected chi connectivity index (χ1v) is 7.87. The van der Waals surface area contributed by atoms with E-state index < -0.39 is 0 Å². The van der Waals surface area contributed by atoms with Crippen LogP contribution in [0.25, 0.3) is 0 Å². The van der Waals surface area contributed by atoms with Crippen LogP contribution in [0.1, 0.15) is 44.5 Å². The van der Waals surface area contributed by atoms with Crippen molar-refractivity contribution in [3.8, 4) is 0 Å². The predicted molar refractivity (Wildman–Crippen MR) is 81.2 cm³/mol. The van der Waals surface area contributed by atoms with Crippen LogP contribution in [0.4, 0.5) is 0 Å². The van der Waals surface area contributed by atoms with Crippen LogP contribution in [0, 0.1) is 12.3 Å². The van der Waals surface area contributed by atoms with Crippen LogP contribution in [-0.2, 0) is 17.8 Å². The topological polar surface area (TPSA) is 46.9 Å². The minimum absolute atomic E-state index is 0.224. The summed E-state index contributed by atoms with van der Waals surface area (Å²) in [5.74, 6) is 0.295. The second kappa shape index (κ2) is 6.27. The molecule has 1 aliphatic heterocycles. The zero-order valence-electron chi connectivity index (χ0n) is 12.6. The Morgan fingerprint density at radius 3 is 2.80 bits per heavy atom. The van der Waals surface area contributed by atoms with Crippen LogP contribution >= 0.6 is 11.6 Å². The molecule has 4 nitrogen and oxygen atoms in total. The largest absolute Gasteiger partial charge is 0.316 e. The fourth-order valence-corrected chi connectivity index (χ4v) is 3.28. The van der Waals surface area contributed by atoms with Gasteiger partial charge in [0.2, 0.25) is 0 Å². The summed E-state index contributed by atoms with van der Waals surface area (Å²) >= 11 is 6.31. The van der Waals surface area contributed by atoms with Gasteiger partial charge in [-0.25, -0.2) is 0 Å². The van der Waals surface area contributed by atoms with Gasteiger partial charge in [0.05, 0.1) is 22.8 Å². The molecule has 1 aliphatic rings. The van der Waals surface area contributed by atoms with Gasteiger partial charge >= 0.3 is 0 Å². The molecule has 112 valence electrons. The maximum atomic E-state index is 12.8. The Labute approximate surface area is 125 Å². The molecule has 1 N–H and O–H groups in total. The Kier molecular flexibility index (Phi) is 4.86. The molecule has 20 heavy (non-hydrogen) atoms. The summed E-state index contributed by atoms with van der Waals surface area (Å²) in [5.41, 5.74) is 1.46. The summed E-state index contributed by atoms with van der Waals surface area (Å²) in [6, 6.07) is 0. The first kappa shape index (κ1) is 15.5. The zero-order chi connectivity index (χ0) is 14.8. The normalized spacial score (nSPS) is 23.0. The van der Waals surface area contributed by atoms with Crippen LogP contribution in [0.3, 0.4) is 0 Å². The molecule has 1 fully saturated rings. The van der Waals surface area contributed by atoms with Crippen LogP contribution in [0.5, 0.6) is 0 Å². The van der Waals surface area contributed by atoms with Gasteiger partial charge in [0.25, 0.3) is 0 Å². The van der Waals surface area contributed by atoms with Gasteiger partial charge in [0.15, 0.2) is 0 Å².